The van der Waals surface area contributed by atoms with Crippen LogP contribution in [-0.4, -0.2) is 18.8 Å². The van der Waals surface area contributed by atoms with Gasteiger partial charge in [-0.1, -0.05) is 60.1 Å². The monoisotopic (exact) mass is 435 g/mol. The number of hydrogen-bond acceptors (Lipinski definition) is 3. The van der Waals surface area contributed by atoms with Crippen LogP contribution in [0.1, 0.15) is 41.0 Å². The summed E-state index contributed by atoms with van der Waals surface area (Å²) in [6.07, 6.45) is 4.43. The Morgan fingerprint density at radius 2 is 1.47 bits per heavy atom. The van der Waals surface area contributed by atoms with E-state index in [1.165, 1.54) is 27.1 Å². The summed E-state index contributed by atoms with van der Waals surface area (Å²) in [7, 11) is 0. The lowest BCUT2D eigenvalue weighted by molar-refractivity contribution is -0.00360. The van der Waals surface area contributed by atoms with Crippen molar-refractivity contribution in [1.82, 2.24) is 4.72 Å². The number of fused-ring (bicyclic) bond motifs is 2. The molecule has 2 nitrogen and oxygen atoms in total. The molecule has 2 unspecified atom stereocenters. The highest BCUT2D eigenvalue weighted by atomic mass is 35.5. The van der Waals surface area contributed by atoms with Gasteiger partial charge in [0.15, 0.2) is 0 Å². The zero-order chi connectivity index (χ0) is 20.3. The molecule has 0 amide bonds. The third-order valence-corrected chi connectivity index (χ3v) is 7.50. The fourth-order valence-corrected chi connectivity index (χ4v) is 5.70. The normalized spacial score (nSPS) is 21.5. The Bertz CT molecular complexity index is 958. The van der Waals surface area contributed by atoms with Gasteiger partial charge in [-0.15, -0.1) is 0 Å². The maximum Gasteiger partial charge on any atom is 0.0699 e. The summed E-state index contributed by atoms with van der Waals surface area (Å²) in [5.74, 6) is 0.296. The molecule has 0 spiro atoms. The van der Waals surface area contributed by atoms with E-state index < -0.39 is 0 Å². The summed E-state index contributed by atoms with van der Waals surface area (Å²) in [6, 6.07) is 26.3. The summed E-state index contributed by atoms with van der Waals surface area (Å²) in [4.78, 5) is 1.19. The van der Waals surface area contributed by atoms with E-state index in [-0.39, 0.29) is 6.10 Å². The van der Waals surface area contributed by atoms with Gasteiger partial charge in [-0.2, -0.15) is 0 Å². The van der Waals surface area contributed by atoms with Gasteiger partial charge in [-0.25, -0.2) is 0 Å². The molecule has 3 aromatic rings. The Labute approximate surface area is 188 Å². The van der Waals surface area contributed by atoms with E-state index in [1.807, 2.05) is 12.1 Å². The lowest BCUT2D eigenvalue weighted by Crippen LogP contribution is -2.39. The number of aryl methyl sites for hydroxylation is 2. The van der Waals surface area contributed by atoms with Crippen LogP contribution in [0.4, 0.5) is 0 Å². The summed E-state index contributed by atoms with van der Waals surface area (Å²) < 4.78 is 10.1. The van der Waals surface area contributed by atoms with Gasteiger partial charge < -0.3 is 4.74 Å². The van der Waals surface area contributed by atoms with Crippen molar-refractivity contribution in [2.24, 2.45) is 0 Å². The van der Waals surface area contributed by atoms with Gasteiger partial charge in [0.2, 0.25) is 0 Å². The highest BCUT2D eigenvalue weighted by molar-refractivity contribution is 7.97. The number of benzene rings is 3. The summed E-state index contributed by atoms with van der Waals surface area (Å²) in [5.41, 5.74) is 5.82. The van der Waals surface area contributed by atoms with Crippen molar-refractivity contribution in [3.8, 4) is 0 Å². The minimum Gasteiger partial charge on any atom is -0.377 e. The zero-order valence-corrected chi connectivity index (χ0v) is 18.5. The molecule has 0 bridgehead atoms. The second-order valence-electron chi connectivity index (χ2n) is 8.18. The molecule has 0 radical (unpaired) electrons. The minimum atomic E-state index is 0.183. The molecule has 3 aromatic carbocycles. The molecule has 30 heavy (non-hydrogen) atoms. The molecule has 2 atom stereocenters. The van der Waals surface area contributed by atoms with Gasteiger partial charge in [-0.05, 0) is 84.2 Å². The molecule has 5 rings (SSSR count). The van der Waals surface area contributed by atoms with Gasteiger partial charge in [0, 0.05) is 28.5 Å². The van der Waals surface area contributed by atoms with Gasteiger partial charge >= 0.3 is 0 Å². The Morgan fingerprint density at radius 3 is 2.13 bits per heavy atom. The molecular weight excluding hydrogens is 410 g/mol. The van der Waals surface area contributed by atoms with Crippen LogP contribution in [0.25, 0.3) is 0 Å². The highest BCUT2D eigenvalue weighted by Crippen LogP contribution is 2.40. The van der Waals surface area contributed by atoms with Crippen LogP contribution in [0.2, 0.25) is 5.02 Å². The van der Waals surface area contributed by atoms with Crippen molar-refractivity contribution in [3.63, 3.8) is 0 Å². The first-order chi connectivity index (χ1) is 14.8. The average molecular weight is 436 g/mol. The van der Waals surface area contributed by atoms with Crippen LogP contribution in [0.15, 0.2) is 77.7 Å². The van der Waals surface area contributed by atoms with E-state index in [4.69, 9.17) is 16.3 Å². The molecule has 1 saturated heterocycles. The summed E-state index contributed by atoms with van der Waals surface area (Å²) in [6.45, 7) is 0.796. The van der Waals surface area contributed by atoms with E-state index in [0.29, 0.717) is 12.0 Å². The number of hydrogen-bond donors (Lipinski definition) is 1. The number of rotatable bonds is 4. The molecule has 0 aromatic heterocycles. The number of nitrogens with one attached hydrogen (secondary N) is 1. The molecule has 1 aliphatic carbocycles. The van der Waals surface area contributed by atoms with Crippen molar-refractivity contribution < 1.29 is 4.74 Å². The second kappa shape index (κ2) is 9.15. The van der Waals surface area contributed by atoms with E-state index in [1.54, 1.807) is 11.9 Å². The van der Waals surface area contributed by atoms with Gasteiger partial charge in [0.05, 0.1) is 6.10 Å². The first-order valence-corrected chi connectivity index (χ1v) is 11.9. The van der Waals surface area contributed by atoms with Crippen LogP contribution in [-0.2, 0) is 17.6 Å². The van der Waals surface area contributed by atoms with Gasteiger partial charge in [0.25, 0.3) is 0 Å². The van der Waals surface area contributed by atoms with Gasteiger partial charge in [0.1, 0.15) is 0 Å². The third-order valence-electron chi connectivity index (χ3n) is 6.29. The van der Waals surface area contributed by atoms with Crippen molar-refractivity contribution >= 4 is 23.5 Å². The molecule has 4 heteroatoms. The average Bonchev–Trinajstić information content (AvgIpc) is 2.96. The number of ether oxygens (including phenoxy) is 1. The first-order valence-electron chi connectivity index (χ1n) is 10.7. The van der Waals surface area contributed by atoms with E-state index in [9.17, 15) is 0 Å². The third kappa shape index (κ3) is 4.31. The summed E-state index contributed by atoms with van der Waals surface area (Å²) in [5, 5.41) is 0.774. The maximum absolute atomic E-state index is 6.42. The largest absolute Gasteiger partial charge is 0.377 e. The van der Waals surface area contributed by atoms with E-state index in [2.05, 4.69) is 65.4 Å². The quantitative estimate of drug-likeness (QED) is 0.478. The van der Waals surface area contributed by atoms with Crippen molar-refractivity contribution in [2.45, 2.75) is 48.6 Å². The zero-order valence-electron chi connectivity index (χ0n) is 16.9. The lowest BCUT2D eigenvalue weighted by Gasteiger charge is -2.36. The van der Waals surface area contributed by atoms with Crippen LogP contribution < -0.4 is 4.72 Å². The first kappa shape index (κ1) is 20.1. The molecule has 1 aliphatic heterocycles. The smallest absolute Gasteiger partial charge is 0.0699 e. The summed E-state index contributed by atoms with van der Waals surface area (Å²) >= 11 is 7.71. The Morgan fingerprint density at radius 1 is 0.833 bits per heavy atom. The topological polar surface area (TPSA) is 21.3 Å². The Kier molecular flexibility index (Phi) is 6.14. The van der Waals surface area contributed by atoms with Crippen molar-refractivity contribution in [2.75, 3.05) is 6.61 Å². The molecule has 154 valence electrons. The SMILES string of the molecule is Clc1ccc(SNC2CCOC(C3c4ccccc4CCc4ccccc43)C2)cc1. The highest BCUT2D eigenvalue weighted by Gasteiger charge is 2.34. The van der Waals surface area contributed by atoms with Crippen molar-refractivity contribution in [1.29, 1.82) is 0 Å². The predicted molar refractivity (Wildman–Crippen MR) is 125 cm³/mol. The van der Waals surface area contributed by atoms with Gasteiger partial charge in [-0.3, -0.25) is 4.72 Å². The minimum absolute atomic E-state index is 0.183. The van der Waals surface area contributed by atoms with Crippen LogP contribution in [0, 0.1) is 0 Å². The fraction of sp³-hybridized carbons (Fsp3) is 0.308. The Balaban J connectivity index is 1.38. The lowest BCUT2D eigenvalue weighted by atomic mass is 9.80. The maximum atomic E-state index is 6.42. The molecule has 0 saturated carbocycles. The van der Waals surface area contributed by atoms with Crippen LogP contribution in [0.5, 0.6) is 0 Å². The predicted octanol–water partition coefficient (Wildman–Crippen LogP) is 6.42. The molecule has 1 fully saturated rings. The van der Waals surface area contributed by atoms with Crippen molar-refractivity contribution in [3.05, 3.63) is 100 Å². The van der Waals surface area contributed by atoms with Crippen LogP contribution in [0.3, 0.4) is 0 Å². The fourth-order valence-electron chi connectivity index (χ4n) is 4.79. The molecule has 1 N–H and O–H groups in total. The molecule has 1 heterocycles. The molecule has 2 aliphatic rings. The van der Waals surface area contributed by atoms with E-state index >= 15 is 0 Å². The number of halogens is 1. The van der Waals surface area contributed by atoms with Crippen LogP contribution >= 0.6 is 23.5 Å². The molecular formula is C26H26ClNOS. The second-order valence-corrected chi connectivity index (χ2v) is 9.53. The standard InChI is InChI=1S/C26H26ClNOS/c27-20-11-13-22(14-12-20)30-28-21-15-16-29-25(17-21)26-23-7-3-1-5-18(23)9-10-19-6-2-4-8-24(19)26/h1-8,11-14,21,25-26,28H,9-10,15-17H2. The Hall–Kier alpha value is -1.78. The van der Waals surface area contributed by atoms with E-state index in [0.717, 1.165) is 37.3 Å².